The lowest BCUT2D eigenvalue weighted by molar-refractivity contribution is 0.210. The Morgan fingerprint density at radius 2 is 2.29 bits per heavy atom. The van der Waals surface area contributed by atoms with Crippen molar-refractivity contribution in [2.75, 3.05) is 20.1 Å². The standard InChI is InChI=1S/C9H16ClNO2S/c1-8(14(10,12)13)6-9-4-3-5-11(2)7-9/h9H,1,3-7H2,2H3. The van der Waals surface area contributed by atoms with E-state index in [0.717, 1.165) is 25.9 Å². The lowest BCUT2D eigenvalue weighted by Gasteiger charge is -2.29. The van der Waals surface area contributed by atoms with Crippen LogP contribution in [0.15, 0.2) is 11.5 Å². The first-order valence-corrected chi connectivity index (χ1v) is 7.01. The van der Waals surface area contributed by atoms with Crippen LogP contribution in [0.5, 0.6) is 0 Å². The van der Waals surface area contributed by atoms with Gasteiger partial charge in [0, 0.05) is 17.2 Å². The van der Waals surface area contributed by atoms with Gasteiger partial charge in [0.15, 0.2) is 0 Å². The largest absolute Gasteiger partial charge is 0.306 e. The summed E-state index contributed by atoms with van der Waals surface area (Å²) >= 11 is 0. The molecule has 3 nitrogen and oxygen atoms in total. The van der Waals surface area contributed by atoms with Crippen molar-refractivity contribution >= 4 is 19.7 Å². The molecule has 1 fully saturated rings. The van der Waals surface area contributed by atoms with Crippen molar-refractivity contribution in [2.45, 2.75) is 19.3 Å². The Kier molecular flexibility index (Phi) is 3.98. The molecule has 0 spiro atoms. The van der Waals surface area contributed by atoms with Crippen LogP contribution in [0.2, 0.25) is 0 Å². The quantitative estimate of drug-likeness (QED) is 0.703. The minimum absolute atomic E-state index is 0.152. The highest BCUT2D eigenvalue weighted by atomic mass is 35.7. The molecular weight excluding hydrogens is 222 g/mol. The molecular formula is C9H16ClNO2S. The fourth-order valence-corrected chi connectivity index (χ4v) is 2.49. The summed E-state index contributed by atoms with van der Waals surface area (Å²) in [6.45, 7) is 5.54. The van der Waals surface area contributed by atoms with Gasteiger partial charge in [0.05, 0.1) is 4.91 Å². The molecule has 14 heavy (non-hydrogen) atoms. The van der Waals surface area contributed by atoms with Crippen molar-refractivity contribution in [3.63, 3.8) is 0 Å². The number of rotatable bonds is 3. The minimum atomic E-state index is -3.56. The molecule has 0 aromatic heterocycles. The molecule has 1 saturated heterocycles. The number of hydrogen-bond acceptors (Lipinski definition) is 3. The van der Waals surface area contributed by atoms with Gasteiger partial charge in [-0.25, -0.2) is 8.42 Å². The van der Waals surface area contributed by atoms with E-state index >= 15 is 0 Å². The molecule has 1 heterocycles. The Balaban J connectivity index is 2.48. The van der Waals surface area contributed by atoms with Crippen LogP contribution < -0.4 is 0 Å². The zero-order chi connectivity index (χ0) is 10.8. The molecule has 82 valence electrons. The lowest BCUT2D eigenvalue weighted by atomic mass is 9.95. The highest BCUT2D eigenvalue weighted by Gasteiger charge is 2.21. The second-order valence-corrected chi connectivity index (χ2v) is 6.62. The molecule has 0 aromatic rings. The zero-order valence-corrected chi connectivity index (χ0v) is 9.94. The SMILES string of the molecule is C=C(CC1CCCN(C)C1)S(=O)(=O)Cl. The van der Waals surface area contributed by atoms with E-state index in [1.165, 1.54) is 0 Å². The highest BCUT2D eigenvalue weighted by molar-refractivity contribution is 8.16. The normalized spacial score (nSPS) is 24.9. The van der Waals surface area contributed by atoms with E-state index in [0.29, 0.717) is 12.3 Å². The number of halogens is 1. The van der Waals surface area contributed by atoms with Crippen molar-refractivity contribution < 1.29 is 8.42 Å². The van der Waals surface area contributed by atoms with E-state index in [9.17, 15) is 8.42 Å². The molecule has 0 bridgehead atoms. The Bertz CT molecular complexity index is 313. The van der Waals surface area contributed by atoms with Crippen LogP contribution in [0.4, 0.5) is 0 Å². The van der Waals surface area contributed by atoms with Crippen LogP contribution in [0, 0.1) is 5.92 Å². The van der Waals surface area contributed by atoms with Crippen LogP contribution in [0.1, 0.15) is 19.3 Å². The van der Waals surface area contributed by atoms with Crippen LogP contribution in [0.3, 0.4) is 0 Å². The average molecular weight is 238 g/mol. The third-order valence-corrected chi connectivity index (χ3v) is 4.09. The van der Waals surface area contributed by atoms with Crippen molar-refractivity contribution in [1.82, 2.24) is 4.90 Å². The maximum absolute atomic E-state index is 10.9. The Labute approximate surface area is 90.2 Å². The van der Waals surface area contributed by atoms with E-state index in [1.807, 2.05) is 7.05 Å². The van der Waals surface area contributed by atoms with Crippen LogP contribution in [-0.4, -0.2) is 33.5 Å². The molecule has 1 aliphatic rings. The Hall–Kier alpha value is -0.0600. The fraction of sp³-hybridized carbons (Fsp3) is 0.778. The number of hydrogen-bond donors (Lipinski definition) is 0. The Morgan fingerprint density at radius 1 is 1.64 bits per heavy atom. The number of likely N-dealkylation sites (tertiary alicyclic amines) is 1. The summed E-state index contributed by atoms with van der Waals surface area (Å²) in [5.74, 6) is 0.384. The molecule has 1 atom stereocenters. The summed E-state index contributed by atoms with van der Waals surface area (Å²) < 4.78 is 21.9. The first kappa shape index (κ1) is 12.0. The molecule has 0 aliphatic carbocycles. The topological polar surface area (TPSA) is 37.4 Å². The van der Waals surface area contributed by atoms with Crippen molar-refractivity contribution in [1.29, 1.82) is 0 Å². The predicted octanol–water partition coefficient (Wildman–Crippen LogP) is 1.80. The summed E-state index contributed by atoms with van der Waals surface area (Å²) in [6.07, 6.45) is 2.68. The van der Waals surface area contributed by atoms with Gasteiger partial charge in [-0.3, -0.25) is 0 Å². The van der Waals surface area contributed by atoms with Gasteiger partial charge in [0.25, 0.3) is 9.05 Å². The first-order chi connectivity index (χ1) is 6.39. The molecule has 1 rings (SSSR count). The molecule has 0 N–H and O–H groups in total. The van der Waals surface area contributed by atoms with E-state index in [-0.39, 0.29) is 4.91 Å². The van der Waals surface area contributed by atoms with Gasteiger partial charge in [0.1, 0.15) is 0 Å². The number of nitrogens with zero attached hydrogens (tertiary/aromatic N) is 1. The number of piperidine rings is 1. The second kappa shape index (κ2) is 4.64. The third kappa shape index (κ3) is 3.59. The maximum atomic E-state index is 10.9. The number of allylic oxidation sites excluding steroid dienone is 1. The van der Waals surface area contributed by atoms with Crippen LogP contribution in [0.25, 0.3) is 0 Å². The van der Waals surface area contributed by atoms with Gasteiger partial charge < -0.3 is 4.90 Å². The molecule has 0 radical (unpaired) electrons. The molecule has 0 amide bonds. The smallest absolute Gasteiger partial charge is 0.256 e. The summed E-state index contributed by atoms with van der Waals surface area (Å²) in [7, 11) is 3.68. The monoisotopic (exact) mass is 237 g/mol. The van der Waals surface area contributed by atoms with Crippen molar-refractivity contribution in [3.8, 4) is 0 Å². The highest BCUT2D eigenvalue weighted by Crippen LogP contribution is 2.25. The summed E-state index contributed by atoms with van der Waals surface area (Å²) in [4.78, 5) is 2.36. The van der Waals surface area contributed by atoms with E-state index in [4.69, 9.17) is 10.7 Å². The van der Waals surface area contributed by atoms with Gasteiger partial charge in [-0.1, -0.05) is 6.58 Å². The van der Waals surface area contributed by atoms with Gasteiger partial charge in [0.2, 0.25) is 0 Å². The van der Waals surface area contributed by atoms with Crippen molar-refractivity contribution in [2.24, 2.45) is 5.92 Å². The van der Waals surface area contributed by atoms with Crippen LogP contribution >= 0.6 is 10.7 Å². The molecule has 5 heteroatoms. The van der Waals surface area contributed by atoms with Crippen molar-refractivity contribution in [3.05, 3.63) is 11.5 Å². The van der Waals surface area contributed by atoms with E-state index < -0.39 is 9.05 Å². The van der Waals surface area contributed by atoms with Gasteiger partial charge in [-0.05, 0) is 38.8 Å². The molecule has 1 unspecified atom stereocenters. The maximum Gasteiger partial charge on any atom is 0.256 e. The third-order valence-electron chi connectivity index (χ3n) is 2.58. The minimum Gasteiger partial charge on any atom is -0.306 e. The van der Waals surface area contributed by atoms with E-state index in [2.05, 4.69) is 11.5 Å². The fourth-order valence-electron chi connectivity index (χ4n) is 1.86. The van der Waals surface area contributed by atoms with Gasteiger partial charge >= 0.3 is 0 Å². The Morgan fingerprint density at radius 3 is 2.79 bits per heavy atom. The molecule has 1 aliphatic heterocycles. The first-order valence-electron chi connectivity index (χ1n) is 4.70. The summed E-state index contributed by atoms with van der Waals surface area (Å²) in [5.41, 5.74) is 0. The second-order valence-electron chi connectivity index (χ2n) is 3.95. The van der Waals surface area contributed by atoms with Gasteiger partial charge in [-0.2, -0.15) is 0 Å². The van der Waals surface area contributed by atoms with Gasteiger partial charge in [-0.15, -0.1) is 0 Å². The average Bonchev–Trinajstić information content (AvgIpc) is 2.02. The van der Waals surface area contributed by atoms with Crippen LogP contribution in [-0.2, 0) is 9.05 Å². The summed E-state index contributed by atoms with van der Waals surface area (Å²) in [5, 5.41) is 0. The zero-order valence-electron chi connectivity index (χ0n) is 8.37. The molecule has 0 aromatic carbocycles. The van der Waals surface area contributed by atoms with E-state index in [1.54, 1.807) is 0 Å². The lowest BCUT2D eigenvalue weighted by Crippen LogP contribution is -2.32. The molecule has 0 saturated carbocycles. The summed E-state index contributed by atoms with van der Waals surface area (Å²) in [6, 6.07) is 0. The predicted molar refractivity (Wildman–Crippen MR) is 58.8 cm³/mol.